The number of furan rings is 1. The van der Waals surface area contributed by atoms with Crippen LogP contribution in [0.1, 0.15) is 44.1 Å². The Kier molecular flexibility index (Phi) is 7.33. The summed E-state index contributed by atoms with van der Waals surface area (Å²) in [6.45, 7) is 8.38. The fourth-order valence-corrected chi connectivity index (χ4v) is 5.66. The molecule has 30 heavy (non-hydrogen) atoms. The van der Waals surface area contributed by atoms with Gasteiger partial charge in [0.1, 0.15) is 11.8 Å². The number of nitrogens with one attached hydrogen (secondary N) is 1. The number of likely N-dealkylation sites (N-methyl/N-ethyl adjacent to an activating group) is 1. The van der Waals surface area contributed by atoms with Gasteiger partial charge in [-0.1, -0.05) is 31.5 Å². The summed E-state index contributed by atoms with van der Waals surface area (Å²) < 4.78 is 33.1. The zero-order chi connectivity index (χ0) is 21.7. The smallest absolute Gasteiger partial charge is 0.243 e. The van der Waals surface area contributed by atoms with Crippen LogP contribution >= 0.6 is 0 Å². The highest BCUT2D eigenvalue weighted by molar-refractivity contribution is 7.89. The molecule has 1 aromatic carbocycles. The first-order valence-corrected chi connectivity index (χ1v) is 12.0. The van der Waals surface area contributed by atoms with E-state index in [1.54, 1.807) is 30.5 Å². The Balaban J connectivity index is 1.73. The van der Waals surface area contributed by atoms with Gasteiger partial charge in [0.05, 0.1) is 17.2 Å². The van der Waals surface area contributed by atoms with Crippen LogP contribution in [0.25, 0.3) is 0 Å². The Morgan fingerprint density at radius 1 is 1.23 bits per heavy atom. The van der Waals surface area contributed by atoms with E-state index in [-0.39, 0.29) is 16.8 Å². The molecule has 2 heterocycles. The number of benzene rings is 1. The van der Waals surface area contributed by atoms with Gasteiger partial charge in [-0.05, 0) is 57.1 Å². The van der Waals surface area contributed by atoms with Gasteiger partial charge < -0.3 is 9.73 Å². The van der Waals surface area contributed by atoms with Gasteiger partial charge in [0, 0.05) is 13.1 Å². The molecule has 1 saturated heterocycles. The van der Waals surface area contributed by atoms with Crippen molar-refractivity contribution >= 4 is 15.9 Å². The van der Waals surface area contributed by atoms with E-state index < -0.39 is 16.1 Å². The van der Waals surface area contributed by atoms with Crippen molar-refractivity contribution in [1.29, 1.82) is 0 Å². The van der Waals surface area contributed by atoms with Crippen LogP contribution in [0.2, 0.25) is 0 Å². The molecule has 164 valence electrons. The fraction of sp³-hybridized carbons (Fsp3) is 0.500. The van der Waals surface area contributed by atoms with Gasteiger partial charge in [-0.2, -0.15) is 4.31 Å². The van der Waals surface area contributed by atoms with Crippen LogP contribution in [0.15, 0.2) is 52.0 Å². The number of sulfonamides is 1. The molecule has 1 fully saturated rings. The first-order chi connectivity index (χ1) is 14.4. The Hall–Kier alpha value is -2.16. The summed E-state index contributed by atoms with van der Waals surface area (Å²) in [5, 5.41) is 2.98. The minimum Gasteiger partial charge on any atom is -0.468 e. The number of rotatable bonds is 9. The maximum atomic E-state index is 13.1. The van der Waals surface area contributed by atoms with Crippen molar-refractivity contribution in [2.24, 2.45) is 0 Å². The van der Waals surface area contributed by atoms with E-state index >= 15 is 0 Å². The lowest BCUT2D eigenvalue weighted by atomic mass is 10.1. The summed E-state index contributed by atoms with van der Waals surface area (Å²) >= 11 is 0. The zero-order valence-electron chi connectivity index (χ0n) is 17.9. The van der Waals surface area contributed by atoms with Gasteiger partial charge in [0.25, 0.3) is 0 Å². The molecular formula is C22H31N3O4S. The third kappa shape index (κ3) is 4.77. The second-order valence-corrected chi connectivity index (χ2v) is 9.47. The van der Waals surface area contributed by atoms with Crippen molar-refractivity contribution in [1.82, 2.24) is 14.5 Å². The van der Waals surface area contributed by atoms with E-state index in [0.717, 1.165) is 24.4 Å². The standard InChI is InChI=1S/C22H31N3O4S/c1-4-24(5-2)20(21-9-7-15-29-21)16-23-22(26)19-8-6-14-25(19)30(27,28)18-12-10-17(3)11-13-18/h7,9-13,15,19-20H,4-6,8,14,16H2,1-3H3,(H,23,26)/t19-,20?/m0/s1. The van der Waals surface area contributed by atoms with Gasteiger partial charge in [0.15, 0.2) is 0 Å². The average Bonchev–Trinajstić information content (AvgIpc) is 3.43. The van der Waals surface area contributed by atoms with Gasteiger partial charge in [-0.25, -0.2) is 8.42 Å². The highest BCUT2D eigenvalue weighted by atomic mass is 32.2. The summed E-state index contributed by atoms with van der Waals surface area (Å²) in [6, 6.07) is 9.70. The monoisotopic (exact) mass is 433 g/mol. The largest absolute Gasteiger partial charge is 0.468 e. The molecule has 2 atom stereocenters. The summed E-state index contributed by atoms with van der Waals surface area (Å²) in [5.74, 6) is 0.529. The van der Waals surface area contributed by atoms with Gasteiger partial charge >= 0.3 is 0 Å². The van der Waals surface area contributed by atoms with Crippen LogP contribution in [0, 0.1) is 6.92 Å². The van der Waals surface area contributed by atoms with E-state index in [2.05, 4.69) is 24.1 Å². The first-order valence-electron chi connectivity index (χ1n) is 10.5. The lowest BCUT2D eigenvalue weighted by molar-refractivity contribution is -0.124. The third-order valence-corrected chi connectivity index (χ3v) is 7.65. The van der Waals surface area contributed by atoms with Crippen molar-refractivity contribution in [2.45, 2.75) is 50.6 Å². The number of hydrogen-bond donors (Lipinski definition) is 1. The Morgan fingerprint density at radius 2 is 1.93 bits per heavy atom. The molecule has 2 aromatic rings. The van der Waals surface area contributed by atoms with Gasteiger partial charge in [0.2, 0.25) is 15.9 Å². The lowest BCUT2D eigenvalue weighted by Gasteiger charge is -2.29. The van der Waals surface area contributed by atoms with Crippen LogP contribution in [0.4, 0.5) is 0 Å². The number of carbonyl (C=O) groups excluding carboxylic acids is 1. The molecule has 1 amide bonds. The molecule has 0 saturated carbocycles. The van der Waals surface area contributed by atoms with Crippen LogP contribution in [-0.2, 0) is 14.8 Å². The molecule has 0 bridgehead atoms. The SMILES string of the molecule is CCN(CC)C(CNC(=O)[C@@H]1CCCN1S(=O)(=O)c1ccc(C)cc1)c1ccco1. The van der Waals surface area contributed by atoms with Crippen molar-refractivity contribution < 1.29 is 17.6 Å². The molecule has 1 unspecified atom stereocenters. The summed E-state index contributed by atoms with van der Waals surface area (Å²) in [4.78, 5) is 15.4. The third-order valence-electron chi connectivity index (χ3n) is 5.73. The normalized spacial score (nSPS) is 18.6. The van der Waals surface area contributed by atoms with Crippen molar-refractivity contribution in [3.8, 4) is 0 Å². The molecule has 7 nitrogen and oxygen atoms in total. The summed E-state index contributed by atoms with van der Waals surface area (Å²) in [6.07, 6.45) is 2.81. The second-order valence-electron chi connectivity index (χ2n) is 7.58. The van der Waals surface area contributed by atoms with E-state index in [4.69, 9.17) is 4.42 Å². The van der Waals surface area contributed by atoms with Gasteiger partial charge in [-0.15, -0.1) is 0 Å². The van der Waals surface area contributed by atoms with Crippen LogP contribution in [0.5, 0.6) is 0 Å². The molecule has 1 aromatic heterocycles. The molecule has 1 N–H and O–H groups in total. The Labute approximate surface area is 179 Å². The quantitative estimate of drug-likeness (QED) is 0.657. The first kappa shape index (κ1) is 22.5. The van der Waals surface area contributed by atoms with Gasteiger partial charge in [-0.3, -0.25) is 9.69 Å². The highest BCUT2D eigenvalue weighted by Gasteiger charge is 2.39. The lowest BCUT2D eigenvalue weighted by Crippen LogP contribution is -2.48. The van der Waals surface area contributed by atoms with Crippen molar-refractivity contribution in [2.75, 3.05) is 26.2 Å². The van der Waals surface area contributed by atoms with E-state index in [9.17, 15) is 13.2 Å². The summed E-state index contributed by atoms with van der Waals surface area (Å²) in [7, 11) is -3.71. The molecule has 1 aliphatic heterocycles. The minimum atomic E-state index is -3.71. The predicted molar refractivity (Wildman–Crippen MR) is 115 cm³/mol. The Morgan fingerprint density at radius 3 is 2.53 bits per heavy atom. The van der Waals surface area contributed by atoms with Crippen LogP contribution < -0.4 is 5.32 Å². The average molecular weight is 434 g/mol. The zero-order valence-corrected chi connectivity index (χ0v) is 18.7. The predicted octanol–water partition coefficient (Wildman–Crippen LogP) is 2.94. The van der Waals surface area contributed by atoms with Crippen LogP contribution in [-0.4, -0.2) is 55.8 Å². The number of aryl methyl sites for hydroxylation is 1. The number of hydrogen-bond acceptors (Lipinski definition) is 5. The molecule has 0 spiro atoms. The number of amides is 1. The molecule has 0 aliphatic carbocycles. The summed E-state index contributed by atoms with van der Waals surface area (Å²) in [5.41, 5.74) is 0.991. The fourth-order valence-electron chi connectivity index (χ4n) is 4.01. The number of carbonyl (C=O) groups is 1. The molecular weight excluding hydrogens is 402 g/mol. The maximum absolute atomic E-state index is 13.1. The van der Waals surface area contributed by atoms with Crippen LogP contribution in [0.3, 0.4) is 0 Å². The highest BCUT2D eigenvalue weighted by Crippen LogP contribution is 2.27. The molecule has 8 heteroatoms. The molecule has 3 rings (SSSR count). The molecule has 1 aliphatic rings. The molecule has 0 radical (unpaired) electrons. The minimum absolute atomic E-state index is 0.0949. The van der Waals surface area contributed by atoms with Crippen molar-refractivity contribution in [3.05, 3.63) is 54.0 Å². The van der Waals surface area contributed by atoms with E-state index in [1.807, 2.05) is 19.1 Å². The second kappa shape index (κ2) is 9.76. The van der Waals surface area contributed by atoms with Crippen molar-refractivity contribution in [3.63, 3.8) is 0 Å². The van der Waals surface area contributed by atoms with E-state index in [1.165, 1.54) is 4.31 Å². The number of nitrogens with zero attached hydrogens (tertiary/aromatic N) is 2. The van der Waals surface area contributed by atoms with E-state index in [0.29, 0.717) is 25.9 Å². The Bertz CT molecular complexity index is 922. The maximum Gasteiger partial charge on any atom is 0.243 e. The topological polar surface area (TPSA) is 82.9 Å².